The van der Waals surface area contributed by atoms with Gasteiger partial charge in [0.25, 0.3) is 5.91 Å². The second-order valence-electron chi connectivity index (χ2n) is 3.72. The Morgan fingerprint density at radius 3 is 2.64 bits per heavy atom. The Kier molecular flexibility index (Phi) is 2.15. The summed E-state index contributed by atoms with van der Waals surface area (Å²) in [6, 6.07) is 5.45. The molecule has 0 aromatic heterocycles. The molecule has 3 nitrogen and oxygen atoms in total. The number of hydrogen-bond acceptors (Lipinski definition) is 2. The third kappa shape index (κ3) is 1.45. The topological polar surface area (TPSA) is 46.3 Å². The second kappa shape index (κ2) is 3.33. The van der Waals surface area contributed by atoms with Crippen molar-refractivity contribution in [2.24, 2.45) is 0 Å². The number of nitrogen functional groups attached to an aromatic ring is 1. The Hall–Kier alpha value is -1.51. The molecule has 1 heterocycles. The number of hydrogen-bond donors (Lipinski definition) is 1. The van der Waals surface area contributed by atoms with E-state index in [9.17, 15) is 4.79 Å². The van der Waals surface area contributed by atoms with Crippen LogP contribution in [0.3, 0.4) is 0 Å². The van der Waals surface area contributed by atoms with Crippen molar-refractivity contribution in [3.05, 3.63) is 29.3 Å². The number of rotatable bonds is 1. The van der Waals surface area contributed by atoms with E-state index in [0.29, 0.717) is 0 Å². The molecule has 0 bridgehead atoms. The molecule has 1 fully saturated rings. The van der Waals surface area contributed by atoms with Gasteiger partial charge in [-0.05, 0) is 37.1 Å². The standard InChI is InChI=1S/C11H14N2O/c1-8-7-9(3-4-10(8)12)11(14)13-5-2-6-13/h3-4,7H,2,5-6,12H2,1H3. The Morgan fingerprint density at radius 1 is 1.43 bits per heavy atom. The zero-order chi connectivity index (χ0) is 10.1. The summed E-state index contributed by atoms with van der Waals surface area (Å²) in [5.41, 5.74) is 8.14. The zero-order valence-electron chi connectivity index (χ0n) is 8.29. The molecule has 1 aliphatic heterocycles. The summed E-state index contributed by atoms with van der Waals surface area (Å²) in [4.78, 5) is 13.6. The van der Waals surface area contributed by atoms with Crippen LogP contribution in [0.25, 0.3) is 0 Å². The number of benzene rings is 1. The van der Waals surface area contributed by atoms with E-state index in [1.54, 1.807) is 12.1 Å². The number of nitrogens with two attached hydrogens (primary N) is 1. The SMILES string of the molecule is Cc1cc(C(=O)N2CCC2)ccc1N. The van der Waals surface area contributed by atoms with Gasteiger partial charge in [-0.2, -0.15) is 0 Å². The van der Waals surface area contributed by atoms with Crippen molar-refractivity contribution in [1.82, 2.24) is 4.90 Å². The van der Waals surface area contributed by atoms with Crippen molar-refractivity contribution < 1.29 is 4.79 Å². The van der Waals surface area contributed by atoms with Crippen LogP contribution in [-0.2, 0) is 0 Å². The van der Waals surface area contributed by atoms with Crippen LogP contribution in [0.2, 0.25) is 0 Å². The molecule has 0 unspecified atom stereocenters. The number of amides is 1. The molecule has 14 heavy (non-hydrogen) atoms. The first-order valence-electron chi connectivity index (χ1n) is 4.84. The number of carbonyl (C=O) groups is 1. The van der Waals surface area contributed by atoms with Crippen molar-refractivity contribution in [3.8, 4) is 0 Å². The molecule has 0 saturated carbocycles. The summed E-state index contributed by atoms with van der Waals surface area (Å²) in [6.07, 6.45) is 1.12. The van der Waals surface area contributed by atoms with Gasteiger partial charge in [-0.25, -0.2) is 0 Å². The molecule has 0 atom stereocenters. The third-order valence-electron chi connectivity index (χ3n) is 2.66. The lowest BCUT2D eigenvalue weighted by Crippen LogP contribution is -2.42. The molecule has 1 amide bonds. The van der Waals surface area contributed by atoms with E-state index in [1.165, 1.54) is 0 Å². The zero-order valence-corrected chi connectivity index (χ0v) is 8.29. The van der Waals surface area contributed by atoms with Gasteiger partial charge < -0.3 is 10.6 Å². The van der Waals surface area contributed by atoms with E-state index in [2.05, 4.69) is 0 Å². The lowest BCUT2D eigenvalue weighted by molar-refractivity contribution is 0.0652. The maximum Gasteiger partial charge on any atom is 0.253 e. The number of likely N-dealkylation sites (tertiary alicyclic amines) is 1. The summed E-state index contributed by atoms with van der Waals surface area (Å²) in [7, 11) is 0. The summed E-state index contributed by atoms with van der Waals surface area (Å²) in [5.74, 6) is 0.124. The lowest BCUT2D eigenvalue weighted by atomic mass is 10.1. The van der Waals surface area contributed by atoms with Gasteiger partial charge in [0.1, 0.15) is 0 Å². The number of nitrogens with zero attached hydrogens (tertiary/aromatic N) is 1. The molecular formula is C11H14N2O. The van der Waals surface area contributed by atoms with E-state index in [0.717, 1.165) is 36.3 Å². The first-order chi connectivity index (χ1) is 6.68. The minimum atomic E-state index is 0.124. The summed E-state index contributed by atoms with van der Waals surface area (Å²) >= 11 is 0. The Bertz CT molecular complexity index is 370. The van der Waals surface area contributed by atoms with Gasteiger partial charge in [0.05, 0.1) is 0 Å². The summed E-state index contributed by atoms with van der Waals surface area (Å²) in [6.45, 7) is 3.70. The van der Waals surface area contributed by atoms with Crippen molar-refractivity contribution in [2.75, 3.05) is 18.8 Å². The lowest BCUT2D eigenvalue weighted by Gasteiger charge is -2.31. The van der Waals surface area contributed by atoms with Crippen molar-refractivity contribution in [2.45, 2.75) is 13.3 Å². The molecule has 1 aromatic rings. The van der Waals surface area contributed by atoms with E-state index >= 15 is 0 Å². The van der Waals surface area contributed by atoms with Gasteiger partial charge in [0, 0.05) is 24.3 Å². The van der Waals surface area contributed by atoms with Crippen molar-refractivity contribution >= 4 is 11.6 Å². The first-order valence-corrected chi connectivity index (χ1v) is 4.84. The number of carbonyl (C=O) groups excluding carboxylic acids is 1. The molecule has 2 rings (SSSR count). The molecule has 1 saturated heterocycles. The molecule has 3 heteroatoms. The van der Waals surface area contributed by atoms with Crippen LogP contribution >= 0.6 is 0 Å². The minimum absolute atomic E-state index is 0.124. The molecule has 0 spiro atoms. The Labute approximate surface area is 83.5 Å². The van der Waals surface area contributed by atoms with E-state index in [1.807, 2.05) is 17.9 Å². The van der Waals surface area contributed by atoms with Crippen LogP contribution in [-0.4, -0.2) is 23.9 Å². The average molecular weight is 190 g/mol. The molecule has 0 radical (unpaired) electrons. The van der Waals surface area contributed by atoms with Crippen LogP contribution in [0.4, 0.5) is 5.69 Å². The fourth-order valence-corrected chi connectivity index (χ4v) is 1.51. The van der Waals surface area contributed by atoms with Crippen molar-refractivity contribution in [3.63, 3.8) is 0 Å². The van der Waals surface area contributed by atoms with Crippen LogP contribution in [0.1, 0.15) is 22.3 Å². The normalized spacial score (nSPS) is 15.1. The van der Waals surface area contributed by atoms with Crippen LogP contribution < -0.4 is 5.73 Å². The largest absolute Gasteiger partial charge is 0.399 e. The first kappa shape index (κ1) is 9.06. The predicted octanol–water partition coefficient (Wildman–Crippen LogP) is 1.42. The van der Waals surface area contributed by atoms with Gasteiger partial charge in [-0.15, -0.1) is 0 Å². The Morgan fingerprint density at radius 2 is 2.14 bits per heavy atom. The van der Waals surface area contributed by atoms with E-state index in [-0.39, 0.29) is 5.91 Å². The molecular weight excluding hydrogens is 176 g/mol. The van der Waals surface area contributed by atoms with Gasteiger partial charge in [0.15, 0.2) is 0 Å². The van der Waals surface area contributed by atoms with Gasteiger partial charge in [-0.3, -0.25) is 4.79 Å². The number of anilines is 1. The van der Waals surface area contributed by atoms with Crippen LogP contribution in [0, 0.1) is 6.92 Å². The fourth-order valence-electron chi connectivity index (χ4n) is 1.51. The van der Waals surface area contributed by atoms with E-state index in [4.69, 9.17) is 5.73 Å². The second-order valence-corrected chi connectivity index (χ2v) is 3.72. The fraction of sp³-hybridized carbons (Fsp3) is 0.364. The minimum Gasteiger partial charge on any atom is -0.399 e. The van der Waals surface area contributed by atoms with Gasteiger partial charge >= 0.3 is 0 Å². The highest BCUT2D eigenvalue weighted by atomic mass is 16.2. The number of aryl methyl sites for hydroxylation is 1. The predicted molar refractivity (Wildman–Crippen MR) is 56.1 cm³/mol. The molecule has 0 aliphatic carbocycles. The van der Waals surface area contributed by atoms with Crippen molar-refractivity contribution in [1.29, 1.82) is 0 Å². The monoisotopic (exact) mass is 190 g/mol. The maximum absolute atomic E-state index is 11.8. The molecule has 74 valence electrons. The summed E-state index contributed by atoms with van der Waals surface area (Å²) < 4.78 is 0. The Balaban J connectivity index is 2.23. The quantitative estimate of drug-likeness (QED) is 0.681. The molecule has 1 aromatic carbocycles. The highest BCUT2D eigenvalue weighted by Gasteiger charge is 2.21. The van der Waals surface area contributed by atoms with Gasteiger partial charge in [-0.1, -0.05) is 0 Å². The van der Waals surface area contributed by atoms with Crippen LogP contribution in [0.15, 0.2) is 18.2 Å². The maximum atomic E-state index is 11.8. The molecule has 1 aliphatic rings. The van der Waals surface area contributed by atoms with Gasteiger partial charge in [0.2, 0.25) is 0 Å². The molecule has 2 N–H and O–H groups in total. The van der Waals surface area contributed by atoms with E-state index < -0.39 is 0 Å². The van der Waals surface area contributed by atoms with Crippen LogP contribution in [0.5, 0.6) is 0 Å². The highest BCUT2D eigenvalue weighted by molar-refractivity contribution is 5.95. The average Bonchev–Trinajstić information content (AvgIpc) is 2.06. The summed E-state index contributed by atoms with van der Waals surface area (Å²) in [5, 5.41) is 0. The third-order valence-corrected chi connectivity index (χ3v) is 2.66. The smallest absolute Gasteiger partial charge is 0.253 e. The highest BCUT2D eigenvalue weighted by Crippen LogP contribution is 2.17.